The summed E-state index contributed by atoms with van der Waals surface area (Å²) in [6, 6.07) is 16.9. The summed E-state index contributed by atoms with van der Waals surface area (Å²) in [6.07, 6.45) is 2.49. The maximum absolute atomic E-state index is 2.81. The number of fused-ring (bicyclic) bond motifs is 8. The second-order valence-electron chi connectivity index (χ2n) is 8.83. The van der Waals surface area contributed by atoms with Crippen LogP contribution in [0.2, 0.25) is 0 Å². The van der Waals surface area contributed by atoms with Crippen LogP contribution in [-0.4, -0.2) is 17.0 Å². The lowest BCUT2D eigenvalue weighted by atomic mass is 9.75. The molecule has 0 spiro atoms. The Hall–Kier alpha value is -1.60. The average molecular weight is 317 g/mol. The fourth-order valence-corrected chi connectivity index (χ4v) is 5.53. The van der Waals surface area contributed by atoms with E-state index in [4.69, 9.17) is 0 Å². The number of benzene rings is 2. The third kappa shape index (κ3) is 1.64. The maximum Gasteiger partial charge on any atom is 0.0612 e. The number of nitrogens with zero attached hydrogens (tertiary/aromatic N) is 1. The predicted molar refractivity (Wildman–Crippen MR) is 99.6 cm³/mol. The highest BCUT2D eigenvalue weighted by atomic mass is 15.3. The fraction of sp³-hybridized carbons (Fsp3) is 0.478. The van der Waals surface area contributed by atoms with Gasteiger partial charge in [0, 0.05) is 17.5 Å². The number of hydrogen-bond acceptors (Lipinski definition) is 1. The molecule has 1 aliphatic carbocycles. The first-order valence-corrected chi connectivity index (χ1v) is 9.44. The van der Waals surface area contributed by atoms with Crippen LogP contribution in [0.25, 0.3) is 0 Å². The minimum Gasteiger partial charge on any atom is -0.286 e. The summed E-state index contributed by atoms with van der Waals surface area (Å²) < 4.78 is 0. The summed E-state index contributed by atoms with van der Waals surface area (Å²) in [5.74, 6) is 0.598. The van der Waals surface area contributed by atoms with Crippen molar-refractivity contribution < 1.29 is 0 Å². The summed E-state index contributed by atoms with van der Waals surface area (Å²) in [5, 5.41) is 0. The topological polar surface area (TPSA) is 3.24 Å². The summed E-state index contributed by atoms with van der Waals surface area (Å²) in [7, 11) is 0. The zero-order valence-electron chi connectivity index (χ0n) is 15.3. The van der Waals surface area contributed by atoms with Crippen molar-refractivity contribution in [1.82, 2.24) is 4.90 Å². The quantitative estimate of drug-likeness (QED) is 0.699. The van der Waals surface area contributed by atoms with Gasteiger partial charge in [0.1, 0.15) is 0 Å². The minimum absolute atomic E-state index is 0.327. The Morgan fingerprint density at radius 1 is 1.04 bits per heavy atom. The minimum atomic E-state index is 0.327. The highest BCUT2D eigenvalue weighted by molar-refractivity contribution is 5.56. The van der Waals surface area contributed by atoms with Crippen LogP contribution in [0.3, 0.4) is 0 Å². The molecule has 0 N–H and O–H groups in total. The molecule has 2 aromatic rings. The Labute approximate surface area is 145 Å². The normalized spacial score (nSPS) is 33.5. The largest absolute Gasteiger partial charge is 0.286 e. The van der Waals surface area contributed by atoms with Crippen LogP contribution in [0.4, 0.5) is 0 Å². The van der Waals surface area contributed by atoms with Gasteiger partial charge in [-0.2, -0.15) is 0 Å². The lowest BCUT2D eigenvalue weighted by molar-refractivity contribution is 0.110. The molecular formula is C23H27N. The third-order valence-electron chi connectivity index (χ3n) is 7.31. The van der Waals surface area contributed by atoms with Gasteiger partial charge < -0.3 is 0 Å². The van der Waals surface area contributed by atoms with Crippen LogP contribution in [0, 0.1) is 0 Å². The van der Waals surface area contributed by atoms with E-state index in [9.17, 15) is 0 Å². The van der Waals surface area contributed by atoms with Crippen molar-refractivity contribution >= 4 is 0 Å². The van der Waals surface area contributed by atoms with E-state index in [-0.39, 0.29) is 0 Å². The van der Waals surface area contributed by atoms with Crippen molar-refractivity contribution in [3.8, 4) is 0 Å². The molecule has 2 heterocycles. The Kier molecular flexibility index (Phi) is 2.77. The van der Waals surface area contributed by atoms with Crippen molar-refractivity contribution in [2.45, 2.75) is 63.5 Å². The van der Waals surface area contributed by atoms with Crippen molar-refractivity contribution in [3.05, 3.63) is 70.3 Å². The summed E-state index contributed by atoms with van der Waals surface area (Å²) in [4.78, 5) is 2.81. The molecule has 0 bridgehead atoms. The molecule has 0 saturated heterocycles. The predicted octanol–water partition coefficient (Wildman–Crippen LogP) is 5.19. The van der Waals surface area contributed by atoms with Crippen molar-refractivity contribution in [3.63, 3.8) is 0 Å². The van der Waals surface area contributed by atoms with Gasteiger partial charge in [0.25, 0.3) is 0 Å². The van der Waals surface area contributed by atoms with Gasteiger partial charge in [-0.1, -0.05) is 63.2 Å². The van der Waals surface area contributed by atoms with Gasteiger partial charge in [-0.15, -0.1) is 0 Å². The molecule has 0 amide bonds. The van der Waals surface area contributed by atoms with E-state index in [0.29, 0.717) is 22.9 Å². The van der Waals surface area contributed by atoms with E-state index in [1.165, 1.54) is 30.5 Å². The van der Waals surface area contributed by atoms with Crippen LogP contribution in [-0.2, 0) is 11.8 Å². The van der Waals surface area contributed by atoms with E-state index in [1.807, 2.05) is 0 Å². The Morgan fingerprint density at radius 2 is 1.83 bits per heavy atom. The second kappa shape index (κ2) is 4.52. The number of rotatable bonds is 1. The van der Waals surface area contributed by atoms with Gasteiger partial charge in [-0.05, 0) is 53.5 Å². The molecule has 1 saturated carbocycles. The first kappa shape index (κ1) is 14.7. The molecule has 1 fully saturated rings. The van der Waals surface area contributed by atoms with Gasteiger partial charge in [-0.25, -0.2) is 0 Å². The van der Waals surface area contributed by atoms with Gasteiger partial charge >= 0.3 is 0 Å². The van der Waals surface area contributed by atoms with Gasteiger partial charge in [-0.3, -0.25) is 4.90 Å². The van der Waals surface area contributed by atoms with E-state index >= 15 is 0 Å². The molecule has 2 aromatic carbocycles. The molecule has 3 aliphatic rings. The molecule has 5 rings (SSSR count). The lowest BCUT2D eigenvalue weighted by Gasteiger charge is -2.48. The van der Waals surface area contributed by atoms with Crippen molar-refractivity contribution in [2.75, 3.05) is 6.54 Å². The van der Waals surface area contributed by atoms with Crippen molar-refractivity contribution in [1.29, 1.82) is 0 Å². The summed E-state index contributed by atoms with van der Waals surface area (Å²) in [6.45, 7) is 10.8. The van der Waals surface area contributed by atoms with Crippen molar-refractivity contribution in [2.24, 2.45) is 0 Å². The fourth-order valence-electron chi connectivity index (χ4n) is 5.53. The molecule has 3 atom stereocenters. The standard InChI is InChI=1S/C23H27N/c1-15(2)17-9-10-19-20(13-17)22(3)14-23(22,4)24-12-11-16-7-5-6-8-18(16)21(19)24/h5-10,13,15,21H,11-12,14H2,1-4H3. The van der Waals surface area contributed by atoms with Crippen LogP contribution < -0.4 is 0 Å². The van der Waals surface area contributed by atoms with Crippen LogP contribution in [0.15, 0.2) is 42.5 Å². The van der Waals surface area contributed by atoms with E-state index < -0.39 is 0 Å². The molecule has 3 unspecified atom stereocenters. The molecule has 0 aromatic heterocycles. The molecule has 0 radical (unpaired) electrons. The Balaban J connectivity index is 1.76. The van der Waals surface area contributed by atoms with Gasteiger partial charge in [0.15, 0.2) is 0 Å². The van der Waals surface area contributed by atoms with Gasteiger partial charge in [0.2, 0.25) is 0 Å². The summed E-state index contributed by atoms with van der Waals surface area (Å²) >= 11 is 0. The van der Waals surface area contributed by atoms with E-state index in [1.54, 1.807) is 16.7 Å². The Bertz CT molecular complexity index is 836. The molecule has 1 nitrogen and oxygen atoms in total. The second-order valence-corrected chi connectivity index (χ2v) is 8.83. The molecular weight excluding hydrogens is 290 g/mol. The molecule has 124 valence electrons. The maximum atomic E-state index is 2.81. The number of hydrogen-bond donors (Lipinski definition) is 0. The highest BCUT2D eigenvalue weighted by Gasteiger charge is 2.69. The summed E-state index contributed by atoms with van der Waals surface area (Å²) in [5.41, 5.74) is 8.41. The lowest BCUT2D eigenvalue weighted by Crippen LogP contribution is -2.50. The third-order valence-corrected chi connectivity index (χ3v) is 7.31. The van der Waals surface area contributed by atoms with Crippen LogP contribution >= 0.6 is 0 Å². The first-order chi connectivity index (χ1) is 11.5. The highest BCUT2D eigenvalue weighted by Crippen LogP contribution is 2.68. The van der Waals surface area contributed by atoms with Crippen LogP contribution in [0.5, 0.6) is 0 Å². The SMILES string of the molecule is CC(C)c1ccc2c(c1)C1(C)CC1(C)N1CCc3ccccc3C21. The zero-order valence-corrected chi connectivity index (χ0v) is 15.3. The smallest absolute Gasteiger partial charge is 0.0612 e. The zero-order chi connectivity index (χ0) is 16.7. The van der Waals surface area contributed by atoms with E-state index in [0.717, 1.165) is 0 Å². The van der Waals surface area contributed by atoms with E-state index in [2.05, 4.69) is 75.1 Å². The molecule has 2 aliphatic heterocycles. The molecule has 24 heavy (non-hydrogen) atoms. The monoisotopic (exact) mass is 317 g/mol. The molecule has 1 heteroatoms. The average Bonchev–Trinajstić information content (AvgIpc) is 3.18. The first-order valence-electron chi connectivity index (χ1n) is 9.44. The van der Waals surface area contributed by atoms with Crippen LogP contribution in [0.1, 0.15) is 73.9 Å². The Morgan fingerprint density at radius 3 is 2.62 bits per heavy atom. The van der Waals surface area contributed by atoms with Gasteiger partial charge in [0.05, 0.1) is 6.04 Å².